The highest BCUT2D eigenvalue weighted by atomic mass is 35.5. The van der Waals surface area contributed by atoms with E-state index in [1.54, 1.807) is 0 Å². The summed E-state index contributed by atoms with van der Waals surface area (Å²) in [6.45, 7) is 0. The Morgan fingerprint density at radius 2 is 1.80 bits per heavy atom. The van der Waals surface area contributed by atoms with Gasteiger partial charge >= 0.3 is 0 Å². The maximum Gasteiger partial charge on any atom is 0.168 e. The molecule has 2 nitrogen and oxygen atoms in total. The summed E-state index contributed by atoms with van der Waals surface area (Å²) in [4.78, 5) is 0. The lowest BCUT2D eigenvalue weighted by Crippen LogP contribution is -1.93. The molecule has 2 rings (SSSR count). The van der Waals surface area contributed by atoms with E-state index in [9.17, 15) is 8.78 Å². The number of halogens is 3. The smallest absolute Gasteiger partial charge is 0.168 e. The first-order valence-corrected chi connectivity index (χ1v) is 4.50. The van der Waals surface area contributed by atoms with Crippen LogP contribution >= 0.6 is 11.6 Å². The molecule has 0 N–H and O–H groups in total. The van der Waals surface area contributed by atoms with Gasteiger partial charge in [0.15, 0.2) is 16.8 Å². The molecule has 0 saturated heterocycles. The third-order valence-corrected chi connectivity index (χ3v) is 2.06. The highest BCUT2D eigenvalue weighted by Crippen LogP contribution is 2.22. The predicted octanol–water partition coefficient (Wildman–Crippen LogP) is 3.08. The van der Waals surface area contributed by atoms with Gasteiger partial charge in [-0.1, -0.05) is 17.7 Å². The topological polar surface area (TPSA) is 25.8 Å². The van der Waals surface area contributed by atoms with Gasteiger partial charge in [-0.2, -0.15) is 0 Å². The second-order valence-electron chi connectivity index (χ2n) is 2.84. The van der Waals surface area contributed by atoms with Crippen molar-refractivity contribution in [3.05, 3.63) is 47.1 Å². The van der Waals surface area contributed by atoms with E-state index in [-0.39, 0.29) is 16.4 Å². The minimum Gasteiger partial charge on any atom is -0.204 e. The van der Waals surface area contributed by atoms with Crippen LogP contribution in [0.15, 0.2) is 30.3 Å². The Kier molecular flexibility index (Phi) is 2.60. The third-order valence-electron chi connectivity index (χ3n) is 1.86. The van der Waals surface area contributed by atoms with E-state index in [0.29, 0.717) is 0 Å². The van der Waals surface area contributed by atoms with Crippen LogP contribution in [0.2, 0.25) is 5.15 Å². The van der Waals surface area contributed by atoms with Crippen LogP contribution in [0.5, 0.6) is 0 Å². The van der Waals surface area contributed by atoms with Gasteiger partial charge < -0.3 is 0 Å². The Morgan fingerprint density at radius 1 is 1.00 bits per heavy atom. The molecule has 0 atom stereocenters. The number of rotatable bonds is 1. The van der Waals surface area contributed by atoms with Crippen molar-refractivity contribution in [3.8, 4) is 11.3 Å². The van der Waals surface area contributed by atoms with Gasteiger partial charge in [-0.25, -0.2) is 8.78 Å². The molecular weight excluding hydrogens is 222 g/mol. The van der Waals surface area contributed by atoms with E-state index < -0.39 is 11.6 Å². The van der Waals surface area contributed by atoms with Crippen LogP contribution in [0.1, 0.15) is 0 Å². The molecule has 0 bridgehead atoms. The zero-order chi connectivity index (χ0) is 10.8. The molecule has 0 fully saturated rings. The van der Waals surface area contributed by atoms with Crippen molar-refractivity contribution in [2.24, 2.45) is 0 Å². The van der Waals surface area contributed by atoms with Crippen molar-refractivity contribution in [1.82, 2.24) is 10.2 Å². The minimum atomic E-state index is -0.936. The van der Waals surface area contributed by atoms with Crippen LogP contribution in [-0.2, 0) is 0 Å². The van der Waals surface area contributed by atoms with Crippen LogP contribution in [0.3, 0.4) is 0 Å². The lowest BCUT2D eigenvalue weighted by molar-refractivity contribution is 0.511. The highest BCUT2D eigenvalue weighted by molar-refractivity contribution is 6.29. The fraction of sp³-hybridized carbons (Fsp3) is 0. The summed E-state index contributed by atoms with van der Waals surface area (Å²) >= 11 is 5.53. The van der Waals surface area contributed by atoms with E-state index >= 15 is 0 Å². The van der Waals surface area contributed by atoms with Crippen LogP contribution in [0.4, 0.5) is 8.78 Å². The average molecular weight is 227 g/mol. The second kappa shape index (κ2) is 3.90. The average Bonchev–Trinajstić information content (AvgIpc) is 2.24. The van der Waals surface area contributed by atoms with Crippen molar-refractivity contribution in [3.63, 3.8) is 0 Å². The van der Waals surface area contributed by atoms with Crippen LogP contribution in [0.25, 0.3) is 11.3 Å². The largest absolute Gasteiger partial charge is 0.204 e. The van der Waals surface area contributed by atoms with Crippen LogP contribution in [0, 0.1) is 11.6 Å². The predicted molar refractivity (Wildman–Crippen MR) is 52.4 cm³/mol. The molecule has 0 unspecified atom stereocenters. The van der Waals surface area contributed by atoms with E-state index in [0.717, 1.165) is 6.07 Å². The molecule has 1 aromatic carbocycles. The molecule has 1 heterocycles. The Balaban J connectivity index is 2.54. The van der Waals surface area contributed by atoms with Gasteiger partial charge in [0.05, 0.1) is 5.69 Å². The summed E-state index contributed by atoms with van der Waals surface area (Å²) in [7, 11) is 0. The van der Waals surface area contributed by atoms with Crippen LogP contribution in [-0.4, -0.2) is 10.2 Å². The van der Waals surface area contributed by atoms with E-state index in [1.807, 2.05) is 0 Å². The molecule has 76 valence electrons. The summed E-state index contributed by atoms with van der Waals surface area (Å²) in [5, 5.41) is 7.42. The molecule has 0 aliphatic carbocycles. The summed E-state index contributed by atoms with van der Waals surface area (Å²) in [5.41, 5.74) is 0.315. The Bertz CT molecular complexity index is 485. The minimum absolute atomic E-state index is 0.0687. The van der Waals surface area contributed by atoms with Crippen molar-refractivity contribution in [1.29, 1.82) is 0 Å². The number of nitrogens with zero attached hydrogens (tertiary/aromatic N) is 2. The SMILES string of the molecule is Fc1cccc(-c2ccc(Cl)nn2)c1F. The molecule has 0 aliphatic rings. The lowest BCUT2D eigenvalue weighted by atomic mass is 10.1. The maximum absolute atomic E-state index is 13.3. The molecule has 2 aromatic rings. The van der Waals surface area contributed by atoms with Gasteiger partial charge in [-0.05, 0) is 24.3 Å². The quantitative estimate of drug-likeness (QED) is 0.747. The molecule has 1 aromatic heterocycles. The molecule has 0 amide bonds. The number of aromatic nitrogens is 2. The Labute approximate surface area is 89.5 Å². The van der Waals surface area contributed by atoms with Crippen molar-refractivity contribution in [2.45, 2.75) is 0 Å². The zero-order valence-electron chi connectivity index (χ0n) is 7.42. The number of benzene rings is 1. The van der Waals surface area contributed by atoms with E-state index in [2.05, 4.69) is 10.2 Å². The Morgan fingerprint density at radius 3 is 2.47 bits per heavy atom. The fourth-order valence-electron chi connectivity index (χ4n) is 1.16. The van der Waals surface area contributed by atoms with Gasteiger partial charge in [0, 0.05) is 5.56 Å². The third kappa shape index (κ3) is 1.94. The van der Waals surface area contributed by atoms with Crippen molar-refractivity contribution < 1.29 is 8.78 Å². The molecule has 0 saturated carbocycles. The van der Waals surface area contributed by atoms with Gasteiger partial charge in [-0.15, -0.1) is 10.2 Å². The fourth-order valence-corrected chi connectivity index (χ4v) is 1.26. The number of hydrogen-bond acceptors (Lipinski definition) is 2. The van der Waals surface area contributed by atoms with Gasteiger partial charge in [-0.3, -0.25) is 0 Å². The van der Waals surface area contributed by atoms with Gasteiger partial charge in [0.25, 0.3) is 0 Å². The van der Waals surface area contributed by atoms with Gasteiger partial charge in [0.1, 0.15) is 0 Å². The highest BCUT2D eigenvalue weighted by Gasteiger charge is 2.10. The van der Waals surface area contributed by atoms with E-state index in [4.69, 9.17) is 11.6 Å². The standard InChI is InChI=1S/C10H5ClF2N2/c11-9-5-4-8(14-15-9)6-2-1-3-7(12)10(6)13/h1-5H. The monoisotopic (exact) mass is 226 g/mol. The van der Waals surface area contributed by atoms with Crippen LogP contribution < -0.4 is 0 Å². The first kappa shape index (κ1) is 9.98. The summed E-state index contributed by atoms with van der Waals surface area (Å²) in [5.74, 6) is -1.85. The number of hydrogen-bond donors (Lipinski definition) is 0. The first-order valence-electron chi connectivity index (χ1n) is 4.12. The van der Waals surface area contributed by atoms with E-state index in [1.165, 1.54) is 24.3 Å². The normalized spacial score (nSPS) is 10.3. The van der Waals surface area contributed by atoms with Crippen molar-refractivity contribution in [2.75, 3.05) is 0 Å². The molecule has 0 radical (unpaired) electrons. The summed E-state index contributed by atoms with van der Waals surface area (Å²) in [6.07, 6.45) is 0. The second-order valence-corrected chi connectivity index (χ2v) is 3.23. The zero-order valence-corrected chi connectivity index (χ0v) is 8.17. The molecule has 0 spiro atoms. The molecule has 15 heavy (non-hydrogen) atoms. The summed E-state index contributed by atoms with van der Waals surface area (Å²) in [6, 6.07) is 6.82. The molecule has 0 aliphatic heterocycles. The van der Waals surface area contributed by atoms with Gasteiger partial charge in [0.2, 0.25) is 0 Å². The Hall–Kier alpha value is -1.55. The van der Waals surface area contributed by atoms with Crippen molar-refractivity contribution >= 4 is 11.6 Å². The summed E-state index contributed by atoms with van der Waals surface area (Å²) < 4.78 is 26.2. The maximum atomic E-state index is 13.3. The lowest BCUT2D eigenvalue weighted by Gasteiger charge is -2.01. The molecular formula is C10H5ClF2N2. The molecule has 5 heteroatoms. The first-order chi connectivity index (χ1) is 7.18.